The first-order chi connectivity index (χ1) is 15.5. The summed E-state index contributed by atoms with van der Waals surface area (Å²) < 4.78 is 1.35. The van der Waals surface area contributed by atoms with Crippen molar-refractivity contribution in [2.45, 2.75) is 0 Å². The summed E-state index contributed by atoms with van der Waals surface area (Å²) in [5, 5.41) is 37.3. The molecule has 0 aliphatic carbocycles. The Morgan fingerprint density at radius 2 is 1.50 bits per heavy atom. The number of hydrogen-bond donors (Lipinski definition) is 1. The number of anilines is 1. The van der Waals surface area contributed by atoms with Crippen LogP contribution >= 0.6 is 0 Å². The minimum absolute atomic E-state index is 0.00628. The number of nitro benzene ring substituents is 2. The summed E-state index contributed by atoms with van der Waals surface area (Å²) in [7, 11) is 0. The lowest BCUT2D eigenvalue weighted by Crippen LogP contribution is -1.97. The van der Waals surface area contributed by atoms with Crippen LogP contribution in [-0.4, -0.2) is 37.1 Å². The highest BCUT2D eigenvalue weighted by molar-refractivity contribution is 5.79. The minimum atomic E-state index is -0.459. The van der Waals surface area contributed by atoms with Gasteiger partial charge in [-0.15, -0.1) is 10.2 Å². The smallest absolute Gasteiger partial charge is 0.258 e. The minimum Gasteiger partial charge on any atom is -0.258 e. The van der Waals surface area contributed by atoms with Gasteiger partial charge in [-0.1, -0.05) is 36.4 Å². The zero-order valence-corrected chi connectivity index (χ0v) is 16.4. The first kappa shape index (κ1) is 21.7. The van der Waals surface area contributed by atoms with Crippen molar-refractivity contribution in [3.63, 3.8) is 0 Å². The maximum absolute atomic E-state index is 10.8. The molecule has 0 radical (unpaired) electrons. The number of hydrogen-bond acceptors (Lipinski definition) is 9. The number of hydrazone groups is 1. The van der Waals surface area contributed by atoms with Gasteiger partial charge >= 0.3 is 0 Å². The number of allylic oxidation sites excluding steroid dienone is 2. The van der Waals surface area contributed by atoms with E-state index in [4.69, 9.17) is 0 Å². The van der Waals surface area contributed by atoms with E-state index in [1.807, 2.05) is 0 Å². The highest BCUT2D eigenvalue weighted by Crippen LogP contribution is 2.14. The summed E-state index contributed by atoms with van der Waals surface area (Å²) in [5.74, 6) is 0.255. The molecule has 12 nitrogen and oxygen atoms in total. The van der Waals surface area contributed by atoms with Gasteiger partial charge in [0.25, 0.3) is 17.3 Å². The van der Waals surface area contributed by atoms with Crippen LogP contribution in [0.5, 0.6) is 0 Å². The molecule has 1 aromatic heterocycles. The second-order valence-electron chi connectivity index (χ2n) is 6.08. The molecule has 0 bridgehead atoms. The van der Waals surface area contributed by atoms with E-state index in [0.717, 1.165) is 0 Å². The summed E-state index contributed by atoms with van der Waals surface area (Å²) in [6.45, 7) is 0. The summed E-state index contributed by atoms with van der Waals surface area (Å²) in [4.78, 5) is 20.7. The monoisotopic (exact) mass is 432 g/mol. The van der Waals surface area contributed by atoms with Crippen molar-refractivity contribution in [1.29, 1.82) is 0 Å². The van der Waals surface area contributed by atoms with Gasteiger partial charge in [0.2, 0.25) is 0 Å². The van der Waals surface area contributed by atoms with E-state index in [1.54, 1.807) is 48.6 Å². The van der Waals surface area contributed by atoms with Crippen molar-refractivity contribution in [2.24, 2.45) is 10.2 Å². The van der Waals surface area contributed by atoms with Crippen molar-refractivity contribution in [3.05, 3.63) is 98.4 Å². The molecule has 0 fully saturated rings. The molecule has 1 N–H and O–H groups in total. The molecule has 160 valence electrons. The van der Waals surface area contributed by atoms with Crippen LogP contribution in [0, 0.1) is 20.2 Å². The Balaban J connectivity index is 1.56. The number of nitrogens with one attached hydrogen (secondary N) is 1. The molecule has 0 aliphatic heterocycles. The van der Waals surface area contributed by atoms with Gasteiger partial charge in [-0.3, -0.25) is 20.2 Å². The van der Waals surface area contributed by atoms with Gasteiger partial charge in [-0.25, -0.2) is 5.43 Å². The standard InChI is InChI=1S/C20H16N8O4/c29-27(30)18-9-1-5-16(13-18)7-3-11-21-24-20-25-22-15-26(20)23-12-4-8-17-6-2-10-19(14-17)28(31)32/h1-15H,(H,24,25)/b7-3+,8-4+,21-11+,23-12+. The normalized spacial score (nSPS) is 11.8. The second kappa shape index (κ2) is 10.7. The lowest BCUT2D eigenvalue weighted by molar-refractivity contribution is -0.385. The first-order valence-corrected chi connectivity index (χ1v) is 9.08. The highest BCUT2D eigenvalue weighted by atomic mass is 16.6. The second-order valence-corrected chi connectivity index (χ2v) is 6.08. The fourth-order valence-electron chi connectivity index (χ4n) is 2.43. The quantitative estimate of drug-likeness (QED) is 0.307. The van der Waals surface area contributed by atoms with E-state index in [2.05, 4.69) is 25.8 Å². The molecule has 0 unspecified atom stereocenters. The lowest BCUT2D eigenvalue weighted by Gasteiger charge is -1.97. The maximum Gasteiger partial charge on any atom is 0.270 e. The van der Waals surface area contributed by atoms with Gasteiger partial charge in [-0.05, 0) is 23.3 Å². The molecule has 0 saturated carbocycles. The Morgan fingerprint density at radius 1 is 0.906 bits per heavy atom. The zero-order chi connectivity index (χ0) is 22.8. The predicted molar refractivity (Wildman–Crippen MR) is 120 cm³/mol. The van der Waals surface area contributed by atoms with E-state index in [-0.39, 0.29) is 17.3 Å². The van der Waals surface area contributed by atoms with Gasteiger partial charge in [0.1, 0.15) is 6.33 Å². The Bertz CT molecular complexity index is 1230. The van der Waals surface area contributed by atoms with Crippen LogP contribution in [0.4, 0.5) is 17.3 Å². The van der Waals surface area contributed by atoms with Crippen LogP contribution in [0.25, 0.3) is 12.2 Å². The Hall–Kier alpha value is -5.00. The molecule has 32 heavy (non-hydrogen) atoms. The molecule has 3 aromatic rings. The summed E-state index contributed by atoms with van der Waals surface area (Å²) in [6, 6.07) is 12.4. The van der Waals surface area contributed by atoms with Gasteiger partial charge < -0.3 is 0 Å². The van der Waals surface area contributed by atoms with Crippen LogP contribution in [0.3, 0.4) is 0 Å². The molecule has 0 saturated heterocycles. The van der Waals surface area contributed by atoms with E-state index in [9.17, 15) is 20.2 Å². The summed E-state index contributed by atoms with van der Waals surface area (Å²) in [6.07, 6.45) is 10.9. The Morgan fingerprint density at radius 3 is 2.09 bits per heavy atom. The average Bonchev–Trinajstić information content (AvgIpc) is 3.24. The first-order valence-electron chi connectivity index (χ1n) is 9.08. The number of rotatable bonds is 9. The SMILES string of the molecule is O=[N+]([O-])c1cccc(/C=C/C=N/Nc2nncn2/N=C/C=C/c2cccc([N+](=O)[O-])c2)c1. The molecule has 2 aromatic carbocycles. The fraction of sp³-hybridized carbons (Fsp3) is 0. The van der Waals surface area contributed by atoms with Gasteiger partial charge in [0.15, 0.2) is 0 Å². The number of nitro groups is 2. The molecule has 12 heteroatoms. The number of non-ortho nitro benzene ring substituents is 2. The maximum atomic E-state index is 10.8. The molecule has 1 heterocycles. The Labute approximate surface area is 181 Å². The van der Waals surface area contributed by atoms with E-state index < -0.39 is 9.85 Å². The van der Waals surface area contributed by atoms with Crippen LogP contribution < -0.4 is 5.43 Å². The molecule has 0 amide bonds. The van der Waals surface area contributed by atoms with Crippen molar-refractivity contribution in [1.82, 2.24) is 14.9 Å². The van der Waals surface area contributed by atoms with Crippen molar-refractivity contribution in [3.8, 4) is 0 Å². The molecular formula is C20H16N8O4. The topological polar surface area (TPSA) is 154 Å². The molecular weight excluding hydrogens is 416 g/mol. The van der Waals surface area contributed by atoms with Crippen LogP contribution in [-0.2, 0) is 0 Å². The third-order valence-electron chi connectivity index (χ3n) is 3.87. The van der Waals surface area contributed by atoms with Crippen molar-refractivity contribution >= 4 is 41.9 Å². The van der Waals surface area contributed by atoms with E-state index in [0.29, 0.717) is 11.1 Å². The van der Waals surface area contributed by atoms with E-state index >= 15 is 0 Å². The van der Waals surface area contributed by atoms with E-state index in [1.165, 1.54) is 47.7 Å². The third kappa shape index (κ3) is 6.25. The summed E-state index contributed by atoms with van der Waals surface area (Å²) >= 11 is 0. The van der Waals surface area contributed by atoms with Crippen molar-refractivity contribution in [2.75, 3.05) is 5.43 Å². The number of benzene rings is 2. The summed E-state index contributed by atoms with van der Waals surface area (Å²) in [5.41, 5.74) is 4.01. The van der Waals surface area contributed by atoms with Gasteiger partial charge in [-0.2, -0.15) is 14.9 Å². The van der Waals surface area contributed by atoms with Crippen molar-refractivity contribution < 1.29 is 9.85 Å². The lowest BCUT2D eigenvalue weighted by atomic mass is 10.2. The number of nitrogens with zero attached hydrogens (tertiary/aromatic N) is 7. The fourth-order valence-corrected chi connectivity index (χ4v) is 2.43. The molecule has 0 spiro atoms. The van der Waals surface area contributed by atoms with Crippen LogP contribution in [0.2, 0.25) is 0 Å². The molecule has 3 rings (SSSR count). The number of aromatic nitrogens is 3. The van der Waals surface area contributed by atoms with Gasteiger partial charge in [0.05, 0.1) is 9.85 Å². The molecule has 0 atom stereocenters. The third-order valence-corrected chi connectivity index (χ3v) is 3.87. The zero-order valence-electron chi connectivity index (χ0n) is 16.4. The van der Waals surface area contributed by atoms with Crippen LogP contribution in [0.15, 0.2) is 77.2 Å². The predicted octanol–water partition coefficient (Wildman–Crippen LogP) is 3.75. The molecule has 0 aliphatic rings. The largest absolute Gasteiger partial charge is 0.270 e. The highest BCUT2D eigenvalue weighted by Gasteiger charge is 2.04. The van der Waals surface area contributed by atoms with Gasteiger partial charge in [0, 0.05) is 36.7 Å². The van der Waals surface area contributed by atoms with Crippen LogP contribution in [0.1, 0.15) is 11.1 Å². The average molecular weight is 432 g/mol. The Kier molecular flexibility index (Phi) is 7.25.